The zero-order valence-electron chi connectivity index (χ0n) is 8.55. The summed E-state index contributed by atoms with van der Waals surface area (Å²) >= 11 is 5.77. The van der Waals surface area contributed by atoms with Gasteiger partial charge in [-0.1, -0.05) is 41.9 Å². The topological polar surface area (TPSA) is 41.6 Å². The number of benzene rings is 1. The van der Waals surface area contributed by atoms with Crippen LogP contribution < -0.4 is 0 Å². The zero-order chi connectivity index (χ0) is 11.4. The molecular formula is C12H10ClN3. The molecule has 1 unspecified atom stereocenters. The lowest BCUT2D eigenvalue weighted by Gasteiger charge is -2.08. The molecule has 0 N–H and O–H groups in total. The van der Waals surface area contributed by atoms with Crippen molar-refractivity contribution in [2.75, 3.05) is 0 Å². The molecule has 0 aliphatic rings. The van der Waals surface area contributed by atoms with Gasteiger partial charge in [-0.25, -0.2) is 0 Å². The Bertz CT molecular complexity index is 498. The van der Waals surface area contributed by atoms with Gasteiger partial charge in [0.25, 0.3) is 0 Å². The first-order chi connectivity index (χ1) is 7.79. The highest BCUT2D eigenvalue weighted by Crippen LogP contribution is 2.17. The second-order valence-electron chi connectivity index (χ2n) is 3.47. The highest BCUT2D eigenvalue weighted by atomic mass is 35.5. The molecule has 1 heterocycles. The summed E-state index contributed by atoms with van der Waals surface area (Å²) < 4.78 is 1.68. The maximum atomic E-state index is 9.12. The van der Waals surface area contributed by atoms with Crippen molar-refractivity contribution in [3.8, 4) is 6.07 Å². The Labute approximate surface area is 98.9 Å². The van der Waals surface area contributed by atoms with E-state index >= 15 is 0 Å². The Hall–Kier alpha value is -1.79. The van der Waals surface area contributed by atoms with Crippen molar-refractivity contribution in [2.45, 2.75) is 12.5 Å². The van der Waals surface area contributed by atoms with Crippen LogP contribution in [0.25, 0.3) is 0 Å². The highest BCUT2D eigenvalue weighted by Gasteiger charge is 2.11. The summed E-state index contributed by atoms with van der Waals surface area (Å²) in [7, 11) is 0. The van der Waals surface area contributed by atoms with Crippen LogP contribution in [0.15, 0.2) is 42.7 Å². The smallest absolute Gasteiger partial charge is 0.0908 e. The van der Waals surface area contributed by atoms with Crippen LogP contribution in [0, 0.1) is 11.3 Å². The average molecular weight is 232 g/mol. The Morgan fingerprint density at radius 1 is 1.38 bits per heavy atom. The fourth-order valence-corrected chi connectivity index (χ4v) is 1.69. The van der Waals surface area contributed by atoms with E-state index in [4.69, 9.17) is 16.9 Å². The predicted molar refractivity (Wildman–Crippen MR) is 62.0 cm³/mol. The average Bonchev–Trinajstić information content (AvgIpc) is 2.73. The molecule has 0 aliphatic heterocycles. The molecule has 16 heavy (non-hydrogen) atoms. The highest BCUT2D eigenvalue weighted by molar-refractivity contribution is 6.30. The van der Waals surface area contributed by atoms with Gasteiger partial charge in [-0.15, -0.1) is 0 Å². The van der Waals surface area contributed by atoms with Crippen molar-refractivity contribution in [1.82, 2.24) is 9.78 Å². The van der Waals surface area contributed by atoms with Gasteiger partial charge in [-0.05, 0) is 5.56 Å². The van der Waals surface area contributed by atoms with Gasteiger partial charge in [0, 0.05) is 6.20 Å². The summed E-state index contributed by atoms with van der Waals surface area (Å²) in [6.07, 6.45) is 3.29. The van der Waals surface area contributed by atoms with Crippen molar-refractivity contribution in [1.29, 1.82) is 5.26 Å². The molecular weight excluding hydrogens is 222 g/mol. The minimum atomic E-state index is -0.197. The van der Waals surface area contributed by atoms with E-state index in [9.17, 15) is 0 Å². The van der Waals surface area contributed by atoms with Crippen LogP contribution in [0.4, 0.5) is 0 Å². The lowest BCUT2D eigenvalue weighted by atomic mass is 10.0. The van der Waals surface area contributed by atoms with Gasteiger partial charge in [-0.2, -0.15) is 10.4 Å². The molecule has 2 aromatic rings. The van der Waals surface area contributed by atoms with Crippen molar-refractivity contribution in [2.24, 2.45) is 0 Å². The molecule has 2 rings (SSSR count). The third-order valence-electron chi connectivity index (χ3n) is 2.33. The van der Waals surface area contributed by atoms with E-state index in [0.29, 0.717) is 11.6 Å². The molecule has 0 bridgehead atoms. The Balaban J connectivity index is 2.16. The molecule has 0 radical (unpaired) electrons. The Morgan fingerprint density at radius 3 is 2.69 bits per heavy atom. The summed E-state index contributed by atoms with van der Waals surface area (Å²) in [5, 5.41) is 13.8. The van der Waals surface area contributed by atoms with Crippen LogP contribution in [0.2, 0.25) is 5.02 Å². The molecule has 4 heteroatoms. The van der Waals surface area contributed by atoms with Gasteiger partial charge in [0.2, 0.25) is 0 Å². The van der Waals surface area contributed by atoms with Gasteiger partial charge in [0.05, 0.1) is 29.8 Å². The summed E-state index contributed by atoms with van der Waals surface area (Å²) in [6.45, 7) is 0.521. The van der Waals surface area contributed by atoms with Crippen molar-refractivity contribution < 1.29 is 0 Å². The van der Waals surface area contributed by atoms with Crippen LogP contribution in [-0.4, -0.2) is 9.78 Å². The zero-order valence-corrected chi connectivity index (χ0v) is 9.30. The molecule has 3 nitrogen and oxygen atoms in total. The molecule has 0 fully saturated rings. The van der Waals surface area contributed by atoms with E-state index in [1.165, 1.54) is 0 Å². The maximum absolute atomic E-state index is 9.12. The van der Waals surface area contributed by atoms with Crippen LogP contribution in [-0.2, 0) is 6.54 Å². The first kappa shape index (κ1) is 10.7. The molecule has 0 amide bonds. The number of nitriles is 1. The molecule has 1 aromatic carbocycles. The minimum absolute atomic E-state index is 0.197. The van der Waals surface area contributed by atoms with E-state index in [2.05, 4.69) is 11.2 Å². The molecule has 0 saturated carbocycles. The lowest BCUT2D eigenvalue weighted by molar-refractivity contribution is 0.579. The van der Waals surface area contributed by atoms with Gasteiger partial charge in [-0.3, -0.25) is 4.68 Å². The van der Waals surface area contributed by atoms with Crippen molar-refractivity contribution in [3.63, 3.8) is 0 Å². The molecule has 1 aromatic heterocycles. The van der Waals surface area contributed by atoms with Gasteiger partial charge < -0.3 is 0 Å². The first-order valence-electron chi connectivity index (χ1n) is 4.92. The number of hydrogen-bond acceptors (Lipinski definition) is 2. The SMILES string of the molecule is N#CC(Cn1cc(Cl)cn1)c1ccccc1. The Kier molecular flexibility index (Phi) is 3.23. The molecule has 0 spiro atoms. The monoisotopic (exact) mass is 231 g/mol. The fourth-order valence-electron chi connectivity index (χ4n) is 1.53. The maximum Gasteiger partial charge on any atom is 0.0908 e. The standard InChI is InChI=1S/C12H10ClN3/c13-12-7-15-16(9-12)8-11(6-14)10-4-2-1-3-5-10/h1-5,7,9,11H,8H2. The molecule has 1 atom stereocenters. The number of rotatable bonds is 3. The first-order valence-corrected chi connectivity index (χ1v) is 5.30. The summed E-state index contributed by atoms with van der Waals surface area (Å²) in [5.41, 5.74) is 0.997. The van der Waals surface area contributed by atoms with Crippen LogP contribution in [0.3, 0.4) is 0 Å². The number of halogens is 1. The lowest BCUT2D eigenvalue weighted by Crippen LogP contribution is -2.07. The van der Waals surface area contributed by atoms with Gasteiger partial charge >= 0.3 is 0 Å². The molecule has 0 saturated heterocycles. The number of nitrogens with zero attached hydrogens (tertiary/aromatic N) is 3. The van der Waals surface area contributed by atoms with E-state index in [1.54, 1.807) is 17.1 Å². The van der Waals surface area contributed by atoms with Crippen molar-refractivity contribution >= 4 is 11.6 Å². The minimum Gasteiger partial charge on any atom is -0.270 e. The third-order valence-corrected chi connectivity index (χ3v) is 2.52. The third kappa shape index (κ3) is 2.41. The largest absolute Gasteiger partial charge is 0.270 e. The second kappa shape index (κ2) is 4.82. The number of aromatic nitrogens is 2. The van der Waals surface area contributed by atoms with Crippen LogP contribution in [0.5, 0.6) is 0 Å². The Morgan fingerprint density at radius 2 is 2.12 bits per heavy atom. The quantitative estimate of drug-likeness (QED) is 0.815. The van der Waals surface area contributed by atoms with E-state index in [0.717, 1.165) is 5.56 Å². The van der Waals surface area contributed by atoms with Gasteiger partial charge in [0.15, 0.2) is 0 Å². The predicted octanol–water partition coefficient (Wildman–Crippen LogP) is 2.84. The molecule has 0 aliphatic carbocycles. The molecule has 80 valence electrons. The van der Waals surface area contributed by atoms with E-state index in [-0.39, 0.29) is 5.92 Å². The van der Waals surface area contributed by atoms with Gasteiger partial charge in [0.1, 0.15) is 0 Å². The van der Waals surface area contributed by atoms with E-state index < -0.39 is 0 Å². The van der Waals surface area contributed by atoms with Crippen LogP contribution >= 0.6 is 11.6 Å². The number of hydrogen-bond donors (Lipinski definition) is 0. The van der Waals surface area contributed by atoms with Crippen molar-refractivity contribution in [3.05, 3.63) is 53.3 Å². The summed E-state index contributed by atoms with van der Waals surface area (Å²) in [4.78, 5) is 0. The van der Waals surface area contributed by atoms with E-state index in [1.807, 2.05) is 30.3 Å². The summed E-state index contributed by atoms with van der Waals surface area (Å²) in [5.74, 6) is -0.197. The summed E-state index contributed by atoms with van der Waals surface area (Å²) in [6, 6.07) is 11.9. The fraction of sp³-hybridized carbons (Fsp3) is 0.167. The normalized spacial score (nSPS) is 12.0. The van der Waals surface area contributed by atoms with Crippen LogP contribution in [0.1, 0.15) is 11.5 Å². The second-order valence-corrected chi connectivity index (χ2v) is 3.91.